The number of fused-ring (bicyclic) bond motifs is 1. The summed E-state index contributed by atoms with van der Waals surface area (Å²) in [5.74, 6) is -0.484. The predicted molar refractivity (Wildman–Crippen MR) is 109 cm³/mol. The van der Waals surface area contributed by atoms with Gasteiger partial charge in [-0.1, -0.05) is 43.7 Å². The van der Waals surface area contributed by atoms with Crippen molar-refractivity contribution in [3.8, 4) is 5.75 Å². The third kappa shape index (κ3) is 6.15. The third-order valence-electron chi connectivity index (χ3n) is 4.15. The number of hydrogen-bond acceptors (Lipinski definition) is 4. The van der Waals surface area contributed by atoms with E-state index >= 15 is 0 Å². The maximum absolute atomic E-state index is 12.1. The fourth-order valence-corrected chi connectivity index (χ4v) is 2.84. The average molecular weight is 387 g/mol. The van der Waals surface area contributed by atoms with E-state index in [-0.39, 0.29) is 6.42 Å². The summed E-state index contributed by atoms with van der Waals surface area (Å²) in [5, 5.41) is 14.0. The number of unbranched alkanes of at least 4 members (excludes halogenated alkanes) is 1. The zero-order valence-electron chi connectivity index (χ0n) is 17.0. The molecule has 1 amide bonds. The Balaban J connectivity index is 2.32. The molecule has 1 unspecified atom stereocenters. The predicted octanol–water partition coefficient (Wildman–Crippen LogP) is 4.54. The normalized spacial score (nSPS) is 12.4. The Kier molecular flexibility index (Phi) is 7.26. The van der Waals surface area contributed by atoms with Crippen molar-refractivity contribution in [2.45, 2.75) is 58.6 Å². The highest BCUT2D eigenvalue weighted by Crippen LogP contribution is 2.29. The summed E-state index contributed by atoms with van der Waals surface area (Å²) >= 11 is 0. The molecule has 0 radical (unpaired) electrons. The monoisotopic (exact) mass is 387 g/mol. The molecule has 0 heterocycles. The second kappa shape index (κ2) is 9.44. The number of carboxylic acids is 1. The topological polar surface area (TPSA) is 84.9 Å². The molecule has 2 rings (SSSR count). The molecule has 2 N–H and O–H groups in total. The Hall–Kier alpha value is -2.76. The highest BCUT2D eigenvalue weighted by Gasteiger charge is 2.26. The summed E-state index contributed by atoms with van der Waals surface area (Å²) in [7, 11) is 0. The van der Waals surface area contributed by atoms with Crippen molar-refractivity contribution < 1.29 is 24.2 Å². The number of ether oxygens (including phenoxy) is 2. The SMILES string of the molecule is CCCCOc1ccc2ccccc2c1CC(NC(=O)OC(C)(C)C)C(=O)O. The molecule has 6 nitrogen and oxygen atoms in total. The number of aliphatic carboxylic acids is 1. The Labute approximate surface area is 165 Å². The van der Waals surface area contributed by atoms with E-state index in [2.05, 4.69) is 12.2 Å². The quantitative estimate of drug-likeness (QED) is 0.650. The van der Waals surface area contributed by atoms with Crippen molar-refractivity contribution >= 4 is 22.8 Å². The zero-order chi connectivity index (χ0) is 20.7. The van der Waals surface area contributed by atoms with Gasteiger partial charge in [0, 0.05) is 12.0 Å². The first-order valence-corrected chi connectivity index (χ1v) is 9.57. The molecule has 2 aromatic rings. The van der Waals surface area contributed by atoms with Crippen molar-refractivity contribution in [3.05, 3.63) is 42.0 Å². The Bertz CT molecular complexity index is 825. The van der Waals surface area contributed by atoms with Gasteiger partial charge in [0.2, 0.25) is 0 Å². The minimum atomic E-state index is -1.13. The van der Waals surface area contributed by atoms with E-state index in [4.69, 9.17) is 9.47 Å². The van der Waals surface area contributed by atoms with Crippen LogP contribution in [0.5, 0.6) is 5.75 Å². The van der Waals surface area contributed by atoms with Gasteiger partial charge < -0.3 is 19.9 Å². The number of alkyl carbamates (subject to hydrolysis) is 1. The molecule has 0 aliphatic heterocycles. The molecule has 0 aliphatic rings. The molecule has 6 heteroatoms. The van der Waals surface area contributed by atoms with Crippen LogP contribution in [0.3, 0.4) is 0 Å². The Morgan fingerprint density at radius 1 is 1.14 bits per heavy atom. The van der Waals surface area contributed by atoms with Crippen molar-refractivity contribution in [2.75, 3.05) is 6.61 Å². The first-order chi connectivity index (χ1) is 13.2. The lowest BCUT2D eigenvalue weighted by atomic mass is 9.97. The number of benzene rings is 2. The third-order valence-corrected chi connectivity index (χ3v) is 4.15. The summed E-state index contributed by atoms with van der Waals surface area (Å²) in [4.78, 5) is 23.9. The molecule has 152 valence electrons. The molecule has 0 spiro atoms. The summed E-state index contributed by atoms with van der Waals surface area (Å²) in [6.45, 7) is 7.82. The van der Waals surface area contributed by atoms with Crippen LogP contribution in [0.2, 0.25) is 0 Å². The molecule has 0 saturated heterocycles. The first kappa shape index (κ1) is 21.5. The smallest absolute Gasteiger partial charge is 0.408 e. The average Bonchev–Trinajstić information content (AvgIpc) is 2.61. The molecule has 0 aliphatic carbocycles. The van der Waals surface area contributed by atoms with Gasteiger partial charge in [-0.25, -0.2) is 9.59 Å². The minimum Gasteiger partial charge on any atom is -0.493 e. The van der Waals surface area contributed by atoms with Gasteiger partial charge in [0.25, 0.3) is 0 Å². The highest BCUT2D eigenvalue weighted by molar-refractivity contribution is 5.89. The van der Waals surface area contributed by atoms with Crippen LogP contribution in [-0.4, -0.2) is 35.4 Å². The van der Waals surface area contributed by atoms with Crippen molar-refractivity contribution in [3.63, 3.8) is 0 Å². The van der Waals surface area contributed by atoms with Gasteiger partial charge in [0.15, 0.2) is 0 Å². The fraction of sp³-hybridized carbons (Fsp3) is 0.455. The van der Waals surface area contributed by atoms with Gasteiger partial charge in [-0.05, 0) is 44.0 Å². The van der Waals surface area contributed by atoms with E-state index in [0.29, 0.717) is 12.4 Å². The standard InChI is InChI=1S/C22H29NO5/c1-5-6-13-27-19-12-11-15-9-7-8-10-16(15)17(19)14-18(20(24)25)23-21(26)28-22(2,3)4/h7-12,18H,5-6,13-14H2,1-4H3,(H,23,26)(H,24,25). The number of carbonyl (C=O) groups excluding carboxylic acids is 1. The van der Waals surface area contributed by atoms with Gasteiger partial charge in [-0.15, -0.1) is 0 Å². The molecule has 0 aromatic heterocycles. The first-order valence-electron chi connectivity index (χ1n) is 9.57. The molecular weight excluding hydrogens is 358 g/mol. The van der Waals surface area contributed by atoms with Crippen LogP contribution in [-0.2, 0) is 16.0 Å². The molecule has 0 bridgehead atoms. The van der Waals surface area contributed by atoms with Crippen LogP contribution in [0.1, 0.15) is 46.1 Å². The van der Waals surface area contributed by atoms with Crippen LogP contribution < -0.4 is 10.1 Å². The molecule has 28 heavy (non-hydrogen) atoms. The number of amides is 1. The fourth-order valence-electron chi connectivity index (χ4n) is 2.84. The lowest BCUT2D eigenvalue weighted by Gasteiger charge is -2.23. The lowest BCUT2D eigenvalue weighted by molar-refractivity contribution is -0.139. The largest absolute Gasteiger partial charge is 0.493 e. The van der Waals surface area contributed by atoms with Crippen LogP contribution in [0.25, 0.3) is 10.8 Å². The summed E-state index contributed by atoms with van der Waals surface area (Å²) < 4.78 is 11.1. The lowest BCUT2D eigenvalue weighted by Crippen LogP contribution is -2.44. The van der Waals surface area contributed by atoms with Gasteiger partial charge in [-0.3, -0.25) is 0 Å². The van der Waals surface area contributed by atoms with E-state index in [1.54, 1.807) is 20.8 Å². The van der Waals surface area contributed by atoms with Crippen LogP contribution in [0.15, 0.2) is 36.4 Å². The summed E-state index contributed by atoms with van der Waals surface area (Å²) in [5.41, 5.74) is 0.0544. The zero-order valence-corrected chi connectivity index (χ0v) is 17.0. The van der Waals surface area contributed by atoms with E-state index in [0.717, 1.165) is 29.2 Å². The number of rotatable bonds is 8. The van der Waals surface area contributed by atoms with Crippen molar-refractivity contribution in [1.29, 1.82) is 0 Å². The maximum Gasteiger partial charge on any atom is 0.408 e. The van der Waals surface area contributed by atoms with Crippen LogP contribution in [0.4, 0.5) is 4.79 Å². The van der Waals surface area contributed by atoms with Gasteiger partial charge in [0.05, 0.1) is 6.61 Å². The van der Waals surface area contributed by atoms with Crippen LogP contribution in [0, 0.1) is 0 Å². The summed E-state index contributed by atoms with van der Waals surface area (Å²) in [6.07, 6.45) is 1.25. The van der Waals surface area contributed by atoms with E-state index < -0.39 is 23.7 Å². The number of carboxylic acid groups (broad SMARTS) is 1. The maximum atomic E-state index is 12.1. The number of nitrogens with one attached hydrogen (secondary N) is 1. The highest BCUT2D eigenvalue weighted by atomic mass is 16.6. The van der Waals surface area contributed by atoms with Crippen molar-refractivity contribution in [2.24, 2.45) is 0 Å². The molecule has 0 saturated carbocycles. The number of carbonyl (C=O) groups is 2. The van der Waals surface area contributed by atoms with Gasteiger partial charge in [0.1, 0.15) is 17.4 Å². The Morgan fingerprint density at radius 3 is 2.50 bits per heavy atom. The van der Waals surface area contributed by atoms with Crippen molar-refractivity contribution in [1.82, 2.24) is 5.32 Å². The summed E-state index contributed by atoms with van der Waals surface area (Å²) in [6, 6.07) is 10.4. The van der Waals surface area contributed by atoms with E-state index in [1.165, 1.54) is 0 Å². The second-order valence-electron chi connectivity index (χ2n) is 7.71. The van der Waals surface area contributed by atoms with Gasteiger partial charge >= 0.3 is 12.1 Å². The second-order valence-corrected chi connectivity index (χ2v) is 7.71. The van der Waals surface area contributed by atoms with Gasteiger partial charge in [-0.2, -0.15) is 0 Å². The molecular formula is C22H29NO5. The minimum absolute atomic E-state index is 0.0946. The Morgan fingerprint density at radius 2 is 1.86 bits per heavy atom. The number of hydrogen-bond donors (Lipinski definition) is 2. The molecule has 2 aromatic carbocycles. The molecule has 1 atom stereocenters. The van der Waals surface area contributed by atoms with E-state index in [9.17, 15) is 14.7 Å². The molecule has 0 fully saturated rings. The van der Waals surface area contributed by atoms with Crippen LogP contribution >= 0.6 is 0 Å². The van der Waals surface area contributed by atoms with E-state index in [1.807, 2.05) is 36.4 Å².